The van der Waals surface area contributed by atoms with E-state index in [0.29, 0.717) is 12.3 Å². The van der Waals surface area contributed by atoms with Gasteiger partial charge < -0.3 is 10.2 Å². The van der Waals surface area contributed by atoms with Crippen LogP contribution in [0.4, 0.5) is 0 Å². The van der Waals surface area contributed by atoms with Gasteiger partial charge >= 0.3 is 0 Å². The van der Waals surface area contributed by atoms with Crippen molar-refractivity contribution in [3.63, 3.8) is 0 Å². The maximum absolute atomic E-state index is 12.2. The average Bonchev–Trinajstić information content (AvgIpc) is 2.60. The molecule has 2 rings (SSSR count). The van der Waals surface area contributed by atoms with E-state index in [1.807, 2.05) is 40.0 Å². The van der Waals surface area contributed by atoms with Crippen LogP contribution in [0.2, 0.25) is 5.02 Å². The number of halogens is 1. The zero-order valence-corrected chi connectivity index (χ0v) is 17.9. The molecule has 1 N–H and O–H groups in total. The van der Waals surface area contributed by atoms with Crippen molar-refractivity contribution in [2.75, 3.05) is 45.5 Å². The van der Waals surface area contributed by atoms with Crippen LogP contribution >= 0.6 is 11.6 Å². The number of benzene rings is 1. The highest BCUT2D eigenvalue weighted by Gasteiger charge is 2.21. The Labute approximate surface area is 165 Å². The summed E-state index contributed by atoms with van der Waals surface area (Å²) < 4.78 is 12.0. The van der Waals surface area contributed by atoms with Gasteiger partial charge in [0.1, 0.15) is 0 Å². The van der Waals surface area contributed by atoms with E-state index in [1.54, 1.807) is 0 Å². The number of nitrogens with one attached hydrogen (secondary N) is 1. The van der Waals surface area contributed by atoms with Gasteiger partial charge in [-0.2, -0.15) is 0 Å². The lowest BCUT2D eigenvalue weighted by Crippen LogP contribution is -2.52. The van der Waals surface area contributed by atoms with Gasteiger partial charge in [-0.3, -0.25) is 14.1 Å². The first kappa shape index (κ1) is 21.2. The molecule has 26 heavy (non-hydrogen) atoms. The number of hydrogen-bond donors (Lipinski definition) is 1. The minimum absolute atomic E-state index is 0.168. The second-order valence-electron chi connectivity index (χ2n) is 7.53. The highest BCUT2D eigenvalue weighted by molar-refractivity contribution is 7.86. The topological polar surface area (TPSA) is 47.9 Å². The summed E-state index contributed by atoms with van der Waals surface area (Å²) in [5, 5.41) is 4.14. The van der Waals surface area contributed by atoms with E-state index >= 15 is 0 Å². The van der Waals surface area contributed by atoms with Crippen LogP contribution in [0.15, 0.2) is 29.3 Å². The van der Waals surface area contributed by atoms with E-state index in [1.165, 1.54) is 5.56 Å². The molecule has 0 spiro atoms. The standard InChI is InChI=1S/C19H31ClN4OS/c1-19(2,3)26(25)14-9-22-18(21-4)24-12-10-23(11-13-24)15-16-5-7-17(20)8-6-16/h5-8H,9-15H2,1-4H3,(H,21,22). The quantitative estimate of drug-likeness (QED) is 0.611. The van der Waals surface area contributed by atoms with E-state index in [-0.39, 0.29) is 4.75 Å². The molecule has 0 amide bonds. The molecular weight excluding hydrogens is 368 g/mol. The van der Waals surface area contributed by atoms with Gasteiger partial charge in [0.15, 0.2) is 5.96 Å². The Hall–Kier alpha value is -1.11. The van der Waals surface area contributed by atoms with Crippen molar-refractivity contribution in [1.29, 1.82) is 0 Å². The highest BCUT2D eigenvalue weighted by Crippen LogP contribution is 2.13. The lowest BCUT2D eigenvalue weighted by Gasteiger charge is -2.36. The average molecular weight is 399 g/mol. The summed E-state index contributed by atoms with van der Waals surface area (Å²) >= 11 is 5.95. The Morgan fingerprint density at radius 3 is 2.35 bits per heavy atom. The smallest absolute Gasteiger partial charge is 0.193 e. The predicted octanol–water partition coefficient (Wildman–Crippen LogP) is 2.58. The van der Waals surface area contributed by atoms with Crippen LogP contribution in [0.25, 0.3) is 0 Å². The van der Waals surface area contributed by atoms with Gasteiger partial charge in [0.05, 0.1) is 0 Å². The number of rotatable bonds is 5. The molecule has 1 aliphatic heterocycles. The fourth-order valence-corrected chi connectivity index (χ4v) is 3.89. The third kappa shape index (κ3) is 6.56. The number of guanidine groups is 1. The third-order valence-corrected chi connectivity index (χ3v) is 6.65. The Bertz CT molecular complexity index is 619. The summed E-state index contributed by atoms with van der Waals surface area (Å²) in [7, 11) is 0.964. The van der Waals surface area contributed by atoms with E-state index in [0.717, 1.165) is 43.7 Å². The zero-order chi connectivity index (χ0) is 19.2. The maximum Gasteiger partial charge on any atom is 0.193 e. The molecule has 7 heteroatoms. The van der Waals surface area contributed by atoms with Gasteiger partial charge in [0.25, 0.3) is 0 Å². The van der Waals surface area contributed by atoms with Crippen LogP contribution in [0.5, 0.6) is 0 Å². The molecule has 0 aliphatic carbocycles. The van der Waals surface area contributed by atoms with E-state index in [9.17, 15) is 4.21 Å². The Balaban J connectivity index is 1.76. The van der Waals surface area contributed by atoms with Crippen LogP contribution in [0.1, 0.15) is 26.3 Å². The molecule has 1 unspecified atom stereocenters. The molecule has 0 saturated carbocycles. The van der Waals surface area contributed by atoms with Gasteiger partial charge in [-0.15, -0.1) is 0 Å². The minimum atomic E-state index is -0.844. The first-order valence-corrected chi connectivity index (χ1v) is 10.8. The number of piperazine rings is 1. The molecular formula is C19H31ClN4OS. The minimum Gasteiger partial charge on any atom is -0.355 e. The van der Waals surface area contributed by atoms with Crippen molar-refractivity contribution in [3.05, 3.63) is 34.9 Å². The first-order valence-electron chi connectivity index (χ1n) is 9.10. The molecule has 1 atom stereocenters. The van der Waals surface area contributed by atoms with E-state index < -0.39 is 10.8 Å². The van der Waals surface area contributed by atoms with Crippen molar-refractivity contribution in [3.8, 4) is 0 Å². The van der Waals surface area contributed by atoms with E-state index in [2.05, 4.69) is 32.2 Å². The van der Waals surface area contributed by atoms with Crippen LogP contribution in [-0.4, -0.2) is 70.2 Å². The lowest BCUT2D eigenvalue weighted by molar-refractivity contribution is 0.172. The molecule has 1 aromatic rings. The van der Waals surface area contributed by atoms with Crippen molar-refractivity contribution in [2.24, 2.45) is 4.99 Å². The molecule has 5 nitrogen and oxygen atoms in total. The summed E-state index contributed by atoms with van der Waals surface area (Å²) in [4.78, 5) is 9.11. The predicted molar refractivity (Wildman–Crippen MR) is 112 cm³/mol. The van der Waals surface area contributed by atoms with Gasteiger partial charge in [-0.25, -0.2) is 0 Å². The molecule has 1 heterocycles. The fraction of sp³-hybridized carbons (Fsp3) is 0.632. The number of hydrogen-bond acceptors (Lipinski definition) is 3. The Morgan fingerprint density at radius 2 is 1.81 bits per heavy atom. The molecule has 1 aromatic carbocycles. The van der Waals surface area contributed by atoms with Crippen molar-refractivity contribution >= 4 is 28.4 Å². The lowest BCUT2D eigenvalue weighted by atomic mass is 10.2. The maximum atomic E-state index is 12.2. The van der Waals surface area contributed by atoms with Crippen molar-refractivity contribution < 1.29 is 4.21 Å². The second-order valence-corrected chi connectivity index (χ2v) is 10.3. The molecule has 1 aliphatic rings. The van der Waals surface area contributed by atoms with Crippen LogP contribution in [0, 0.1) is 0 Å². The summed E-state index contributed by atoms with van der Waals surface area (Å²) in [5.41, 5.74) is 1.29. The zero-order valence-electron chi connectivity index (χ0n) is 16.3. The van der Waals surface area contributed by atoms with Gasteiger partial charge in [-0.05, 0) is 38.5 Å². The summed E-state index contributed by atoms with van der Waals surface area (Å²) in [6.45, 7) is 11.5. The Kier molecular flexibility index (Phi) is 7.92. The van der Waals surface area contributed by atoms with Gasteiger partial charge in [0.2, 0.25) is 0 Å². The molecule has 1 fully saturated rings. The van der Waals surface area contributed by atoms with Crippen LogP contribution in [0.3, 0.4) is 0 Å². The number of aliphatic imine (C=N–C) groups is 1. The molecule has 0 bridgehead atoms. The van der Waals surface area contributed by atoms with Gasteiger partial charge in [0, 0.05) is 72.6 Å². The monoisotopic (exact) mass is 398 g/mol. The summed E-state index contributed by atoms with van der Waals surface area (Å²) in [5.74, 6) is 1.54. The number of nitrogens with zero attached hydrogens (tertiary/aromatic N) is 3. The highest BCUT2D eigenvalue weighted by atomic mass is 35.5. The first-order chi connectivity index (χ1) is 12.3. The second kappa shape index (κ2) is 9.72. The Morgan fingerprint density at radius 1 is 1.19 bits per heavy atom. The molecule has 0 aromatic heterocycles. The largest absolute Gasteiger partial charge is 0.355 e. The van der Waals surface area contributed by atoms with Crippen molar-refractivity contribution in [1.82, 2.24) is 15.1 Å². The fourth-order valence-electron chi connectivity index (χ4n) is 2.86. The third-order valence-electron chi connectivity index (χ3n) is 4.46. The summed E-state index contributed by atoms with van der Waals surface area (Å²) in [6.07, 6.45) is 0. The SMILES string of the molecule is CN=C(NCCS(=O)C(C)(C)C)N1CCN(Cc2ccc(Cl)cc2)CC1. The normalized spacial score (nSPS) is 18.0. The van der Waals surface area contributed by atoms with Gasteiger partial charge in [-0.1, -0.05) is 23.7 Å². The van der Waals surface area contributed by atoms with E-state index in [4.69, 9.17) is 11.6 Å². The summed E-state index contributed by atoms with van der Waals surface area (Å²) in [6, 6.07) is 8.07. The van der Waals surface area contributed by atoms with Crippen LogP contribution < -0.4 is 5.32 Å². The van der Waals surface area contributed by atoms with Crippen molar-refractivity contribution in [2.45, 2.75) is 32.1 Å². The molecule has 0 radical (unpaired) electrons. The molecule has 146 valence electrons. The molecule has 1 saturated heterocycles. The van der Waals surface area contributed by atoms with Crippen LogP contribution in [-0.2, 0) is 17.3 Å².